The van der Waals surface area contributed by atoms with Gasteiger partial charge in [-0.15, -0.1) is 24.8 Å². The molecule has 3 rings (SSSR count). The zero-order valence-corrected chi connectivity index (χ0v) is 16.2. The molecular formula is C19H24Cl2FN3O. The van der Waals surface area contributed by atoms with Gasteiger partial charge in [-0.05, 0) is 55.7 Å². The summed E-state index contributed by atoms with van der Waals surface area (Å²) in [6.45, 7) is 3.53. The van der Waals surface area contributed by atoms with Gasteiger partial charge in [-0.3, -0.25) is 4.79 Å². The van der Waals surface area contributed by atoms with Gasteiger partial charge >= 0.3 is 0 Å². The van der Waals surface area contributed by atoms with E-state index in [0.29, 0.717) is 17.8 Å². The molecule has 0 bridgehead atoms. The number of benzene rings is 2. The highest BCUT2D eigenvalue weighted by Crippen LogP contribution is 2.24. The number of amides is 1. The van der Waals surface area contributed by atoms with Crippen LogP contribution in [0.5, 0.6) is 0 Å². The molecule has 7 heteroatoms. The first-order valence-electron chi connectivity index (χ1n) is 8.21. The molecule has 0 spiro atoms. The molecule has 1 saturated heterocycles. The van der Waals surface area contributed by atoms with Crippen LogP contribution in [-0.4, -0.2) is 25.0 Å². The molecule has 1 amide bonds. The van der Waals surface area contributed by atoms with E-state index in [4.69, 9.17) is 5.73 Å². The first kappa shape index (κ1) is 22.1. The summed E-state index contributed by atoms with van der Waals surface area (Å²) in [4.78, 5) is 14.6. The van der Waals surface area contributed by atoms with Crippen LogP contribution in [0.1, 0.15) is 28.8 Å². The second-order valence-corrected chi connectivity index (χ2v) is 6.28. The predicted octanol–water partition coefficient (Wildman–Crippen LogP) is 3.96. The summed E-state index contributed by atoms with van der Waals surface area (Å²) in [6.07, 6.45) is 1.90. The van der Waals surface area contributed by atoms with Gasteiger partial charge in [0.1, 0.15) is 5.82 Å². The topological polar surface area (TPSA) is 58.4 Å². The standard InChI is InChI=1S/C19H22FN3O.2ClH/c1-13-11-14(20)8-9-18(13)23-10-4-5-15(12-23)22-19(24)16-6-2-3-7-17(16)21;;/h2-3,6-9,11,15H,4-5,10,12,21H2,1H3,(H,22,24);2*1H. The van der Waals surface area contributed by atoms with Crippen molar-refractivity contribution >= 4 is 42.1 Å². The molecule has 3 N–H and O–H groups in total. The maximum Gasteiger partial charge on any atom is 0.253 e. The molecule has 2 aromatic rings. The maximum absolute atomic E-state index is 13.3. The lowest BCUT2D eigenvalue weighted by molar-refractivity contribution is 0.0934. The fourth-order valence-corrected chi connectivity index (χ4v) is 3.25. The molecule has 1 heterocycles. The number of rotatable bonds is 3. The molecule has 1 atom stereocenters. The van der Waals surface area contributed by atoms with Crippen LogP contribution >= 0.6 is 24.8 Å². The Bertz CT molecular complexity index is 757. The van der Waals surface area contributed by atoms with Crippen molar-refractivity contribution < 1.29 is 9.18 Å². The maximum atomic E-state index is 13.3. The first-order chi connectivity index (χ1) is 11.5. The van der Waals surface area contributed by atoms with Crippen LogP contribution in [0.3, 0.4) is 0 Å². The molecule has 0 radical (unpaired) electrons. The molecule has 4 nitrogen and oxygen atoms in total. The molecule has 1 unspecified atom stereocenters. The Kier molecular flexibility index (Phi) is 8.18. The molecule has 0 aromatic heterocycles. The Morgan fingerprint density at radius 3 is 2.65 bits per heavy atom. The van der Waals surface area contributed by atoms with E-state index >= 15 is 0 Å². The van der Waals surface area contributed by atoms with Gasteiger partial charge in [0, 0.05) is 30.5 Å². The number of carbonyl (C=O) groups excluding carboxylic acids is 1. The molecule has 1 aliphatic heterocycles. The second kappa shape index (κ2) is 9.64. The van der Waals surface area contributed by atoms with Crippen LogP contribution in [0.25, 0.3) is 0 Å². The number of halogens is 3. The summed E-state index contributed by atoms with van der Waals surface area (Å²) in [7, 11) is 0. The Hall–Kier alpha value is -1.98. The highest BCUT2D eigenvalue weighted by atomic mass is 35.5. The fraction of sp³-hybridized carbons (Fsp3) is 0.316. The highest BCUT2D eigenvalue weighted by Gasteiger charge is 2.23. The summed E-state index contributed by atoms with van der Waals surface area (Å²) in [5.74, 6) is -0.367. The Morgan fingerprint density at radius 2 is 1.96 bits per heavy atom. The van der Waals surface area contributed by atoms with Crippen LogP contribution in [0.4, 0.5) is 15.8 Å². The Labute approximate surface area is 165 Å². The van der Waals surface area contributed by atoms with Gasteiger partial charge < -0.3 is 16.0 Å². The average Bonchev–Trinajstić information content (AvgIpc) is 2.55. The average molecular weight is 400 g/mol. The summed E-state index contributed by atoms with van der Waals surface area (Å²) < 4.78 is 13.3. The van der Waals surface area contributed by atoms with E-state index < -0.39 is 0 Å². The van der Waals surface area contributed by atoms with Crippen LogP contribution in [0.15, 0.2) is 42.5 Å². The lowest BCUT2D eigenvalue weighted by atomic mass is 10.0. The predicted molar refractivity (Wildman–Crippen MR) is 109 cm³/mol. The van der Waals surface area contributed by atoms with Gasteiger partial charge in [0.25, 0.3) is 5.91 Å². The smallest absolute Gasteiger partial charge is 0.253 e. The number of nitrogen functional groups attached to an aromatic ring is 1. The van der Waals surface area contributed by atoms with Crippen molar-refractivity contribution in [3.8, 4) is 0 Å². The van der Waals surface area contributed by atoms with Crippen molar-refractivity contribution in [2.45, 2.75) is 25.8 Å². The fourth-order valence-electron chi connectivity index (χ4n) is 3.25. The number of nitrogens with one attached hydrogen (secondary N) is 1. The van der Waals surface area contributed by atoms with Crippen LogP contribution in [0.2, 0.25) is 0 Å². The molecular weight excluding hydrogens is 376 g/mol. The summed E-state index contributed by atoms with van der Waals surface area (Å²) >= 11 is 0. The molecule has 26 heavy (non-hydrogen) atoms. The van der Waals surface area contributed by atoms with Crippen molar-refractivity contribution in [1.82, 2.24) is 5.32 Å². The van der Waals surface area contributed by atoms with E-state index in [2.05, 4.69) is 10.2 Å². The number of hydrogen-bond donors (Lipinski definition) is 2. The van der Waals surface area contributed by atoms with Crippen molar-refractivity contribution in [3.05, 3.63) is 59.4 Å². The SMILES string of the molecule is Cc1cc(F)ccc1N1CCCC(NC(=O)c2ccccc2N)C1.Cl.Cl. The van der Waals surface area contributed by atoms with Gasteiger partial charge in [-0.1, -0.05) is 12.1 Å². The second-order valence-electron chi connectivity index (χ2n) is 6.28. The highest BCUT2D eigenvalue weighted by molar-refractivity contribution is 5.99. The van der Waals surface area contributed by atoms with E-state index in [9.17, 15) is 9.18 Å². The number of piperidine rings is 1. The van der Waals surface area contributed by atoms with Crippen LogP contribution in [0, 0.1) is 12.7 Å². The van der Waals surface area contributed by atoms with Crippen LogP contribution < -0.4 is 16.0 Å². The van der Waals surface area contributed by atoms with E-state index in [1.807, 2.05) is 19.1 Å². The Balaban J connectivity index is 0.00000169. The third-order valence-electron chi connectivity index (χ3n) is 4.46. The summed E-state index contributed by atoms with van der Waals surface area (Å²) in [5.41, 5.74) is 8.80. The van der Waals surface area contributed by atoms with E-state index in [-0.39, 0.29) is 42.6 Å². The summed E-state index contributed by atoms with van der Waals surface area (Å²) in [5, 5.41) is 3.07. The van der Waals surface area contributed by atoms with E-state index in [1.54, 1.807) is 24.3 Å². The first-order valence-corrected chi connectivity index (χ1v) is 8.21. The Morgan fingerprint density at radius 1 is 1.23 bits per heavy atom. The van der Waals surface area contributed by atoms with Crippen molar-refractivity contribution in [2.75, 3.05) is 23.7 Å². The largest absolute Gasteiger partial charge is 0.398 e. The molecule has 0 aliphatic carbocycles. The number of hydrogen-bond acceptors (Lipinski definition) is 3. The van der Waals surface area contributed by atoms with Gasteiger partial charge in [0.05, 0.1) is 5.56 Å². The number of para-hydroxylation sites is 1. The molecule has 142 valence electrons. The summed E-state index contributed by atoms with van der Waals surface area (Å²) in [6, 6.07) is 12.0. The molecule has 2 aromatic carbocycles. The number of aryl methyl sites for hydroxylation is 1. The monoisotopic (exact) mass is 399 g/mol. The zero-order chi connectivity index (χ0) is 17.1. The zero-order valence-electron chi connectivity index (χ0n) is 14.6. The van der Waals surface area contributed by atoms with Gasteiger partial charge in [0.15, 0.2) is 0 Å². The number of nitrogens with zero attached hydrogens (tertiary/aromatic N) is 1. The van der Waals surface area contributed by atoms with Crippen molar-refractivity contribution in [3.63, 3.8) is 0 Å². The third kappa shape index (κ3) is 5.02. The molecule has 1 fully saturated rings. The minimum Gasteiger partial charge on any atom is -0.398 e. The van der Waals surface area contributed by atoms with Gasteiger partial charge in [-0.25, -0.2) is 4.39 Å². The number of carbonyl (C=O) groups is 1. The van der Waals surface area contributed by atoms with Crippen LogP contribution in [-0.2, 0) is 0 Å². The van der Waals surface area contributed by atoms with Gasteiger partial charge in [-0.2, -0.15) is 0 Å². The normalized spacial score (nSPS) is 16.2. The lowest BCUT2D eigenvalue weighted by Gasteiger charge is -2.35. The molecule has 1 aliphatic rings. The minimum absolute atomic E-state index is 0. The lowest BCUT2D eigenvalue weighted by Crippen LogP contribution is -2.48. The minimum atomic E-state index is -0.224. The molecule has 0 saturated carbocycles. The number of anilines is 2. The number of nitrogens with two attached hydrogens (primary N) is 1. The van der Waals surface area contributed by atoms with E-state index in [0.717, 1.165) is 30.6 Å². The van der Waals surface area contributed by atoms with Gasteiger partial charge in [0.2, 0.25) is 0 Å². The van der Waals surface area contributed by atoms with Crippen molar-refractivity contribution in [1.29, 1.82) is 0 Å². The quantitative estimate of drug-likeness (QED) is 0.767. The van der Waals surface area contributed by atoms with E-state index in [1.165, 1.54) is 6.07 Å². The third-order valence-corrected chi connectivity index (χ3v) is 4.46. The van der Waals surface area contributed by atoms with Crippen molar-refractivity contribution in [2.24, 2.45) is 0 Å².